The van der Waals surface area contributed by atoms with E-state index in [-0.39, 0.29) is 18.1 Å². The van der Waals surface area contributed by atoms with E-state index in [2.05, 4.69) is 40.7 Å². The van der Waals surface area contributed by atoms with Crippen molar-refractivity contribution < 1.29 is 29.7 Å². The number of benzene rings is 1. The molecule has 1 amide bonds. The number of aliphatic carboxylic acids is 2. The van der Waals surface area contributed by atoms with Crippen molar-refractivity contribution in [2.45, 2.75) is 70.5 Å². The van der Waals surface area contributed by atoms with Gasteiger partial charge >= 0.3 is 18.0 Å². The minimum absolute atomic E-state index is 0.0312. The Labute approximate surface area is 194 Å². The van der Waals surface area contributed by atoms with Crippen molar-refractivity contribution in [3.05, 3.63) is 35.4 Å². The van der Waals surface area contributed by atoms with Crippen molar-refractivity contribution in [1.82, 2.24) is 16.1 Å². The van der Waals surface area contributed by atoms with Crippen molar-refractivity contribution in [3.8, 4) is 0 Å². The summed E-state index contributed by atoms with van der Waals surface area (Å²) in [6.07, 6.45) is 4.18. The van der Waals surface area contributed by atoms with E-state index < -0.39 is 18.0 Å². The van der Waals surface area contributed by atoms with Gasteiger partial charge in [-0.1, -0.05) is 24.3 Å². The molecule has 1 aromatic carbocycles. The molecule has 3 rings (SSSR count). The zero-order valence-electron chi connectivity index (χ0n) is 19.6. The quantitative estimate of drug-likeness (QED) is 0.182. The van der Waals surface area contributed by atoms with E-state index in [0.29, 0.717) is 6.04 Å². The van der Waals surface area contributed by atoms with Gasteiger partial charge in [0.2, 0.25) is 0 Å². The molecular formula is C22H39N5O6. The average molecular weight is 470 g/mol. The maximum Gasteiger partial charge on any atom is 0.418 e. The molecule has 2 atom stereocenters. The highest BCUT2D eigenvalue weighted by atomic mass is 16.4. The van der Waals surface area contributed by atoms with E-state index in [1.54, 1.807) is 0 Å². The molecule has 1 unspecified atom stereocenters. The summed E-state index contributed by atoms with van der Waals surface area (Å²) in [6.45, 7) is 6.67. The SMILES string of the molecule is CC(C)(C)NCC(=O)O.NC1CCCc2ccccc21.NNC(=O)O.O=C(O)[C@@H]1CCCN1. The van der Waals surface area contributed by atoms with Crippen LogP contribution < -0.4 is 27.6 Å². The maximum absolute atomic E-state index is 10.1. The minimum Gasteiger partial charge on any atom is -0.480 e. The Bertz CT molecular complexity index is 732. The summed E-state index contributed by atoms with van der Waals surface area (Å²) in [5.41, 5.74) is 10.1. The number of hydrogen-bond acceptors (Lipinski definition) is 7. The van der Waals surface area contributed by atoms with Crippen molar-refractivity contribution in [2.24, 2.45) is 11.6 Å². The lowest BCUT2D eigenvalue weighted by Gasteiger charge is -2.21. The normalized spacial score (nSPS) is 18.6. The first-order valence-electron chi connectivity index (χ1n) is 10.8. The number of nitrogens with two attached hydrogens (primary N) is 2. The van der Waals surface area contributed by atoms with E-state index in [0.717, 1.165) is 25.8 Å². The van der Waals surface area contributed by atoms with Crippen LogP contribution in [0.15, 0.2) is 24.3 Å². The zero-order valence-corrected chi connectivity index (χ0v) is 19.6. The summed E-state index contributed by atoms with van der Waals surface area (Å²) in [5, 5.41) is 29.7. The molecule has 10 N–H and O–H groups in total. The predicted octanol–water partition coefficient (Wildman–Crippen LogP) is 1.43. The summed E-state index contributed by atoms with van der Waals surface area (Å²) in [6, 6.07) is 8.53. The molecular weight excluding hydrogens is 430 g/mol. The second-order valence-electron chi connectivity index (χ2n) is 8.63. The molecule has 0 spiro atoms. The van der Waals surface area contributed by atoms with Crippen LogP contribution in [0.3, 0.4) is 0 Å². The van der Waals surface area contributed by atoms with E-state index in [9.17, 15) is 9.59 Å². The van der Waals surface area contributed by atoms with Gasteiger partial charge in [0.15, 0.2) is 0 Å². The van der Waals surface area contributed by atoms with Crippen molar-refractivity contribution in [1.29, 1.82) is 0 Å². The van der Waals surface area contributed by atoms with Crippen molar-refractivity contribution >= 4 is 18.0 Å². The van der Waals surface area contributed by atoms with Crippen LogP contribution in [0.2, 0.25) is 0 Å². The Morgan fingerprint density at radius 2 is 1.70 bits per heavy atom. The number of nitrogens with one attached hydrogen (secondary N) is 3. The van der Waals surface area contributed by atoms with Crippen LogP contribution in [0.5, 0.6) is 0 Å². The van der Waals surface area contributed by atoms with Gasteiger partial charge in [0.1, 0.15) is 6.04 Å². The first-order valence-corrected chi connectivity index (χ1v) is 10.8. The van der Waals surface area contributed by atoms with Crippen LogP contribution in [0, 0.1) is 0 Å². The average Bonchev–Trinajstić information content (AvgIpc) is 3.29. The molecule has 1 saturated heterocycles. The number of fused-ring (bicyclic) bond motifs is 1. The number of hydrogen-bond donors (Lipinski definition) is 8. The zero-order chi connectivity index (χ0) is 25.4. The van der Waals surface area contributed by atoms with Gasteiger partial charge in [0.05, 0.1) is 6.54 Å². The lowest BCUT2D eigenvalue weighted by molar-refractivity contribution is -0.139. The molecule has 0 aromatic heterocycles. The highest BCUT2D eigenvalue weighted by molar-refractivity contribution is 5.73. The van der Waals surface area contributed by atoms with Gasteiger partial charge in [0, 0.05) is 11.6 Å². The molecule has 1 aliphatic carbocycles. The monoisotopic (exact) mass is 469 g/mol. The van der Waals surface area contributed by atoms with E-state index in [1.165, 1.54) is 29.4 Å². The fourth-order valence-corrected chi connectivity index (χ4v) is 3.03. The standard InChI is InChI=1S/C10H13N.C6H13NO2.C5H9NO2.CH4N2O2/c11-10-7-3-5-8-4-1-2-6-9(8)10;1-6(2,3)7-4-5(8)9;7-5(8)4-2-1-3-6-4;2-3-1(4)5/h1-2,4,6,10H,3,5,7,11H2;7H,4H2,1-3H3,(H,8,9);4,6H,1-3H2,(H,7,8);3H,2H2,(H,4,5)/t;;4-;/m..0./s1. The molecule has 188 valence electrons. The van der Waals surface area contributed by atoms with E-state index in [4.69, 9.17) is 25.8 Å². The van der Waals surface area contributed by atoms with Crippen molar-refractivity contribution in [3.63, 3.8) is 0 Å². The Hall–Kier alpha value is -2.73. The summed E-state index contributed by atoms with van der Waals surface area (Å²) < 4.78 is 0. The van der Waals surface area contributed by atoms with Gasteiger partial charge in [-0.25, -0.2) is 10.6 Å². The number of carboxylic acids is 2. The van der Waals surface area contributed by atoms with Gasteiger partial charge in [-0.15, -0.1) is 0 Å². The topological polar surface area (TPSA) is 200 Å². The molecule has 0 saturated carbocycles. The fourth-order valence-electron chi connectivity index (χ4n) is 3.03. The van der Waals surface area contributed by atoms with Gasteiger partial charge in [-0.05, 0) is 70.5 Å². The second kappa shape index (κ2) is 16.0. The molecule has 11 nitrogen and oxygen atoms in total. The molecule has 0 bridgehead atoms. The summed E-state index contributed by atoms with van der Waals surface area (Å²) in [5.74, 6) is 2.79. The molecule has 11 heteroatoms. The second-order valence-corrected chi connectivity index (χ2v) is 8.63. The first-order chi connectivity index (χ1) is 15.4. The number of carboxylic acid groups (broad SMARTS) is 3. The molecule has 33 heavy (non-hydrogen) atoms. The Morgan fingerprint density at radius 1 is 1.09 bits per heavy atom. The largest absolute Gasteiger partial charge is 0.480 e. The Kier molecular flexibility index (Phi) is 14.7. The van der Waals surface area contributed by atoms with Gasteiger partial charge in [0.25, 0.3) is 0 Å². The highest BCUT2D eigenvalue weighted by Crippen LogP contribution is 2.26. The maximum atomic E-state index is 10.1. The molecule has 1 heterocycles. The number of carbonyl (C=O) groups is 3. The van der Waals surface area contributed by atoms with Gasteiger partial charge in [-0.2, -0.15) is 0 Å². The first kappa shape index (κ1) is 30.3. The van der Waals surface area contributed by atoms with Gasteiger partial charge in [-0.3, -0.25) is 15.0 Å². The van der Waals surface area contributed by atoms with Crippen LogP contribution >= 0.6 is 0 Å². The molecule has 0 radical (unpaired) electrons. The van der Waals surface area contributed by atoms with Crippen LogP contribution in [-0.2, 0) is 16.0 Å². The minimum atomic E-state index is -1.22. The Morgan fingerprint density at radius 3 is 2.06 bits per heavy atom. The molecule has 1 aromatic rings. The number of amides is 1. The van der Waals surface area contributed by atoms with Crippen molar-refractivity contribution in [2.75, 3.05) is 13.1 Å². The third-order valence-corrected chi connectivity index (χ3v) is 4.67. The van der Waals surface area contributed by atoms with E-state index >= 15 is 0 Å². The van der Waals surface area contributed by atoms with Crippen LogP contribution in [-0.4, -0.2) is 58.0 Å². The number of aryl methyl sites for hydroxylation is 1. The van der Waals surface area contributed by atoms with Gasteiger partial charge < -0.3 is 31.7 Å². The fraction of sp³-hybridized carbons (Fsp3) is 0.591. The van der Waals surface area contributed by atoms with Crippen LogP contribution in [0.4, 0.5) is 4.79 Å². The summed E-state index contributed by atoms with van der Waals surface area (Å²) in [7, 11) is 0. The molecule has 2 aliphatic rings. The smallest absolute Gasteiger partial charge is 0.418 e. The lowest BCUT2D eigenvalue weighted by atomic mass is 9.88. The lowest BCUT2D eigenvalue weighted by Crippen LogP contribution is -2.39. The van der Waals surface area contributed by atoms with Crippen LogP contribution in [0.1, 0.15) is 63.6 Å². The van der Waals surface area contributed by atoms with E-state index in [1.807, 2.05) is 20.8 Å². The number of rotatable bonds is 3. The Balaban J connectivity index is 0.000000429. The predicted molar refractivity (Wildman–Crippen MR) is 126 cm³/mol. The summed E-state index contributed by atoms with van der Waals surface area (Å²) in [4.78, 5) is 29.3. The molecule has 1 aliphatic heterocycles. The summed E-state index contributed by atoms with van der Waals surface area (Å²) >= 11 is 0. The highest BCUT2D eigenvalue weighted by Gasteiger charge is 2.20. The molecule has 1 fully saturated rings. The third kappa shape index (κ3) is 15.7. The number of hydrazine groups is 1. The third-order valence-electron chi connectivity index (χ3n) is 4.67. The van der Waals surface area contributed by atoms with Crippen LogP contribution in [0.25, 0.3) is 0 Å².